The average molecular weight is 280 g/mol. The Kier molecular flexibility index (Phi) is 4.12. The molecule has 1 N–H and O–H groups in total. The number of nitrogens with one attached hydrogen (secondary N) is 1. The van der Waals surface area contributed by atoms with Gasteiger partial charge >= 0.3 is 0 Å². The molecule has 0 radical (unpaired) electrons. The molecule has 1 aromatic rings. The SMILES string of the molecule is COc1ccc(NC2=CC(=O)CC=C2)c(Cl)c1OC. The minimum Gasteiger partial charge on any atom is -0.493 e. The van der Waals surface area contributed by atoms with Gasteiger partial charge in [-0.15, -0.1) is 0 Å². The van der Waals surface area contributed by atoms with Crippen LogP contribution < -0.4 is 14.8 Å². The van der Waals surface area contributed by atoms with Gasteiger partial charge in [0.05, 0.1) is 19.9 Å². The number of carbonyl (C=O) groups excluding carboxylic acids is 1. The Hall–Kier alpha value is -1.94. The van der Waals surface area contributed by atoms with Crippen LogP contribution in [0.4, 0.5) is 5.69 Å². The first kappa shape index (κ1) is 13.5. The first-order valence-electron chi connectivity index (χ1n) is 5.74. The van der Waals surface area contributed by atoms with Crippen molar-refractivity contribution in [1.82, 2.24) is 0 Å². The number of allylic oxidation sites excluding steroid dienone is 3. The van der Waals surface area contributed by atoms with E-state index in [1.54, 1.807) is 31.4 Å². The molecular weight excluding hydrogens is 266 g/mol. The summed E-state index contributed by atoms with van der Waals surface area (Å²) >= 11 is 6.24. The van der Waals surface area contributed by atoms with E-state index in [0.717, 1.165) is 0 Å². The van der Waals surface area contributed by atoms with Gasteiger partial charge in [-0.05, 0) is 18.2 Å². The highest BCUT2D eigenvalue weighted by atomic mass is 35.5. The molecule has 0 aromatic heterocycles. The Morgan fingerprint density at radius 3 is 2.68 bits per heavy atom. The van der Waals surface area contributed by atoms with Crippen LogP contribution in [0, 0.1) is 0 Å². The molecule has 1 aliphatic carbocycles. The maximum Gasteiger partial charge on any atom is 0.181 e. The highest BCUT2D eigenvalue weighted by Gasteiger charge is 2.14. The fourth-order valence-electron chi connectivity index (χ4n) is 1.80. The molecule has 0 bridgehead atoms. The summed E-state index contributed by atoms with van der Waals surface area (Å²) in [6.07, 6.45) is 5.63. The zero-order valence-electron chi connectivity index (χ0n) is 10.7. The molecule has 5 heteroatoms. The van der Waals surface area contributed by atoms with Gasteiger partial charge in [0.25, 0.3) is 0 Å². The Morgan fingerprint density at radius 1 is 1.26 bits per heavy atom. The molecule has 4 nitrogen and oxygen atoms in total. The third-order valence-corrected chi connectivity index (χ3v) is 3.07. The van der Waals surface area contributed by atoms with Crippen molar-refractivity contribution < 1.29 is 14.3 Å². The van der Waals surface area contributed by atoms with Crippen molar-refractivity contribution in [3.8, 4) is 11.5 Å². The van der Waals surface area contributed by atoms with Crippen molar-refractivity contribution in [2.75, 3.05) is 19.5 Å². The fraction of sp³-hybridized carbons (Fsp3) is 0.214. The molecular formula is C14H14ClNO3. The second-order valence-corrected chi connectivity index (χ2v) is 4.34. The van der Waals surface area contributed by atoms with Gasteiger partial charge < -0.3 is 14.8 Å². The molecule has 0 aliphatic heterocycles. The minimum absolute atomic E-state index is 0.0570. The van der Waals surface area contributed by atoms with E-state index in [0.29, 0.717) is 34.3 Å². The zero-order valence-corrected chi connectivity index (χ0v) is 11.5. The lowest BCUT2D eigenvalue weighted by Crippen LogP contribution is -2.05. The molecule has 0 atom stereocenters. The monoisotopic (exact) mass is 279 g/mol. The lowest BCUT2D eigenvalue weighted by Gasteiger charge is -2.15. The van der Waals surface area contributed by atoms with Crippen LogP contribution in [0.5, 0.6) is 11.5 Å². The highest BCUT2D eigenvalue weighted by Crippen LogP contribution is 2.40. The summed E-state index contributed by atoms with van der Waals surface area (Å²) in [6, 6.07) is 3.53. The van der Waals surface area contributed by atoms with Gasteiger partial charge in [-0.1, -0.05) is 17.7 Å². The molecule has 1 aromatic carbocycles. The van der Waals surface area contributed by atoms with E-state index in [-0.39, 0.29) is 5.78 Å². The third kappa shape index (κ3) is 2.90. The number of anilines is 1. The van der Waals surface area contributed by atoms with Crippen molar-refractivity contribution >= 4 is 23.1 Å². The molecule has 0 heterocycles. The van der Waals surface area contributed by atoms with E-state index in [1.807, 2.05) is 6.08 Å². The maximum absolute atomic E-state index is 11.3. The number of hydrogen-bond acceptors (Lipinski definition) is 4. The van der Waals surface area contributed by atoms with Crippen molar-refractivity contribution in [1.29, 1.82) is 0 Å². The Morgan fingerprint density at radius 2 is 2.05 bits per heavy atom. The number of methoxy groups -OCH3 is 2. The summed E-state index contributed by atoms with van der Waals surface area (Å²) in [7, 11) is 3.07. The second kappa shape index (κ2) is 5.80. The van der Waals surface area contributed by atoms with Crippen LogP contribution in [-0.4, -0.2) is 20.0 Å². The van der Waals surface area contributed by atoms with E-state index < -0.39 is 0 Å². The molecule has 2 rings (SSSR count). The largest absolute Gasteiger partial charge is 0.493 e. The summed E-state index contributed by atoms with van der Waals surface area (Å²) in [4.78, 5) is 11.3. The Bertz CT molecular complexity index is 564. The molecule has 100 valence electrons. The molecule has 19 heavy (non-hydrogen) atoms. The summed E-state index contributed by atoms with van der Waals surface area (Å²) < 4.78 is 10.4. The van der Waals surface area contributed by atoms with Gasteiger partial charge in [0.1, 0.15) is 5.02 Å². The molecule has 0 fully saturated rings. The standard InChI is InChI=1S/C14H14ClNO3/c1-18-12-7-6-11(13(15)14(12)19-2)16-9-4-3-5-10(17)8-9/h3-4,6-8,16H,5H2,1-2H3. The predicted octanol–water partition coefficient (Wildman–Crippen LogP) is 3.18. The first-order valence-corrected chi connectivity index (χ1v) is 6.12. The quantitative estimate of drug-likeness (QED) is 0.919. The van der Waals surface area contributed by atoms with E-state index in [1.165, 1.54) is 7.11 Å². The predicted molar refractivity (Wildman–Crippen MR) is 75.0 cm³/mol. The average Bonchev–Trinajstić information content (AvgIpc) is 2.41. The zero-order chi connectivity index (χ0) is 13.8. The number of carbonyl (C=O) groups is 1. The van der Waals surface area contributed by atoms with Crippen LogP contribution in [0.2, 0.25) is 5.02 Å². The summed E-state index contributed by atoms with van der Waals surface area (Å²) in [5.41, 5.74) is 1.36. The smallest absolute Gasteiger partial charge is 0.181 e. The summed E-state index contributed by atoms with van der Waals surface area (Å²) in [5, 5.41) is 3.50. The van der Waals surface area contributed by atoms with Crippen molar-refractivity contribution in [2.24, 2.45) is 0 Å². The highest BCUT2D eigenvalue weighted by molar-refractivity contribution is 6.35. The summed E-state index contributed by atoms with van der Waals surface area (Å²) in [6.45, 7) is 0. The van der Waals surface area contributed by atoms with Crippen LogP contribution in [0.1, 0.15) is 6.42 Å². The van der Waals surface area contributed by atoms with Crippen LogP contribution in [0.25, 0.3) is 0 Å². The van der Waals surface area contributed by atoms with E-state index in [4.69, 9.17) is 21.1 Å². The fourth-order valence-corrected chi connectivity index (χ4v) is 2.08. The number of benzene rings is 1. The first-order chi connectivity index (χ1) is 9.15. The van der Waals surface area contributed by atoms with Gasteiger partial charge in [-0.25, -0.2) is 0 Å². The number of ether oxygens (including phenoxy) is 2. The molecule has 0 saturated carbocycles. The Labute approximate surface area is 116 Å². The number of hydrogen-bond donors (Lipinski definition) is 1. The van der Waals surface area contributed by atoms with Crippen molar-refractivity contribution in [3.05, 3.63) is 41.1 Å². The topological polar surface area (TPSA) is 47.6 Å². The van der Waals surface area contributed by atoms with E-state index in [2.05, 4.69) is 5.32 Å². The van der Waals surface area contributed by atoms with Gasteiger partial charge in [0.2, 0.25) is 0 Å². The molecule has 0 spiro atoms. The maximum atomic E-state index is 11.3. The van der Waals surface area contributed by atoms with Crippen LogP contribution in [0.3, 0.4) is 0 Å². The Balaban J connectivity index is 2.31. The van der Waals surface area contributed by atoms with E-state index >= 15 is 0 Å². The van der Waals surface area contributed by atoms with Crippen LogP contribution >= 0.6 is 11.6 Å². The number of ketones is 1. The van der Waals surface area contributed by atoms with Gasteiger partial charge in [-0.3, -0.25) is 4.79 Å². The van der Waals surface area contributed by atoms with Gasteiger partial charge in [0.15, 0.2) is 17.3 Å². The molecule has 0 amide bonds. The normalized spacial score (nSPS) is 14.1. The lowest BCUT2D eigenvalue weighted by molar-refractivity contribution is -0.113. The molecule has 0 saturated heterocycles. The number of rotatable bonds is 4. The molecule has 0 unspecified atom stereocenters. The number of halogens is 1. The van der Waals surface area contributed by atoms with Gasteiger partial charge in [-0.2, -0.15) is 0 Å². The van der Waals surface area contributed by atoms with Crippen molar-refractivity contribution in [3.63, 3.8) is 0 Å². The van der Waals surface area contributed by atoms with Crippen molar-refractivity contribution in [2.45, 2.75) is 6.42 Å². The third-order valence-electron chi connectivity index (χ3n) is 2.70. The van der Waals surface area contributed by atoms with Crippen LogP contribution in [0.15, 0.2) is 36.1 Å². The summed E-state index contributed by atoms with van der Waals surface area (Å²) in [5.74, 6) is 1.07. The second-order valence-electron chi connectivity index (χ2n) is 3.96. The van der Waals surface area contributed by atoms with Gasteiger partial charge in [0, 0.05) is 18.2 Å². The van der Waals surface area contributed by atoms with Crippen LogP contribution in [-0.2, 0) is 4.79 Å². The van der Waals surface area contributed by atoms with E-state index in [9.17, 15) is 4.79 Å². The lowest BCUT2D eigenvalue weighted by atomic mass is 10.1. The minimum atomic E-state index is 0.0570. The molecule has 1 aliphatic rings.